The number of hydrogen-bond donors (Lipinski definition) is 2. The summed E-state index contributed by atoms with van der Waals surface area (Å²) in [6.45, 7) is 0.168. The Balaban J connectivity index is 1.65. The van der Waals surface area contributed by atoms with E-state index in [1.165, 1.54) is 12.1 Å². The fraction of sp³-hybridized carbons (Fsp3) is 0.100. The molecule has 3 rings (SSSR count). The molecule has 3 aromatic carbocycles. The molecule has 0 bridgehead atoms. The predicted octanol–water partition coefficient (Wildman–Crippen LogP) is 3.55. The van der Waals surface area contributed by atoms with E-state index in [4.69, 9.17) is 15.2 Å². The van der Waals surface area contributed by atoms with Crippen LogP contribution in [0.5, 0.6) is 17.2 Å². The van der Waals surface area contributed by atoms with Crippen molar-refractivity contribution in [2.24, 2.45) is 0 Å². The van der Waals surface area contributed by atoms with Gasteiger partial charge in [-0.3, -0.25) is 0 Å². The van der Waals surface area contributed by atoms with Crippen LogP contribution in [0, 0.1) is 0 Å². The summed E-state index contributed by atoms with van der Waals surface area (Å²) in [6, 6.07) is 20.6. The Morgan fingerprint density at radius 3 is 2.15 bits per heavy atom. The first-order chi connectivity index (χ1) is 13.0. The lowest BCUT2D eigenvalue weighted by atomic mass is 10.2. The molecule has 3 aromatic rings. The van der Waals surface area contributed by atoms with Crippen molar-refractivity contribution in [1.29, 1.82) is 0 Å². The highest BCUT2D eigenvalue weighted by Gasteiger charge is 2.13. The lowest BCUT2D eigenvalue weighted by Crippen LogP contribution is -2.23. The summed E-state index contributed by atoms with van der Waals surface area (Å²) in [5.41, 5.74) is 6.91. The fourth-order valence-electron chi connectivity index (χ4n) is 2.41. The maximum absolute atomic E-state index is 12.3. The van der Waals surface area contributed by atoms with Gasteiger partial charge in [-0.2, -0.15) is 0 Å². The van der Waals surface area contributed by atoms with E-state index >= 15 is 0 Å². The summed E-state index contributed by atoms with van der Waals surface area (Å²) in [7, 11) is -2.01. The fourth-order valence-corrected chi connectivity index (χ4v) is 3.43. The standard InChI is InChI=1S/C20H20N2O4S/c1-25-19-4-2-3-5-20(19)26-17-10-6-15(7-11-17)14-22-27(23,24)18-12-8-16(21)9-13-18/h2-13,22H,14,21H2,1H3. The molecule has 27 heavy (non-hydrogen) atoms. The van der Waals surface area contributed by atoms with Crippen molar-refractivity contribution in [3.8, 4) is 17.2 Å². The average Bonchev–Trinajstić information content (AvgIpc) is 2.68. The summed E-state index contributed by atoms with van der Waals surface area (Å²) < 4.78 is 38.2. The molecule has 7 heteroatoms. The highest BCUT2D eigenvalue weighted by molar-refractivity contribution is 7.89. The molecule has 0 amide bonds. The molecule has 0 radical (unpaired) electrons. The first kappa shape index (κ1) is 18.8. The maximum Gasteiger partial charge on any atom is 0.240 e. The number of hydrogen-bond acceptors (Lipinski definition) is 5. The Morgan fingerprint density at radius 1 is 0.889 bits per heavy atom. The molecule has 0 heterocycles. The minimum Gasteiger partial charge on any atom is -0.493 e. The molecule has 6 nitrogen and oxygen atoms in total. The van der Waals surface area contributed by atoms with Gasteiger partial charge in [-0.1, -0.05) is 24.3 Å². The normalized spacial score (nSPS) is 11.1. The Labute approximate surface area is 158 Å². The molecule has 0 atom stereocenters. The van der Waals surface area contributed by atoms with Crippen LogP contribution in [0.4, 0.5) is 5.69 Å². The topological polar surface area (TPSA) is 90.6 Å². The average molecular weight is 384 g/mol. The third-order valence-electron chi connectivity index (χ3n) is 3.88. The van der Waals surface area contributed by atoms with Gasteiger partial charge in [0.1, 0.15) is 5.75 Å². The van der Waals surface area contributed by atoms with E-state index in [1.54, 1.807) is 43.5 Å². The molecular weight excluding hydrogens is 364 g/mol. The number of methoxy groups -OCH3 is 1. The van der Waals surface area contributed by atoms with Crippen LogP contribution in [-0.4, -0.2) is 15.5 Å². The van der Waals surface area contributed by atoms with Gasteiger partial charge in [-0.05, 0) is 54.1 Å². The van der Waals surface area contributed by atoms with E-state index in [0.29, 0.717) is 22.9 Å². The number of anilines is 1. The Morgan fingerprint density at radius 2 is 1.52 bits per heavy atom. The molecule has 3 N–H and O–H groups in total. The number of rotatable bonds is 7. The number of benzene rings is 3. The first-order valence-electron chi connectivity index (χ1n) is 8.23. The zero-order valence-corrected chi connectivity index (χ0v) is 15.6. The van der Waals surface area contributed by atoms with E-state index in [-0.39, 0.29) is 11.4 Å². The van der Waals surface area contributed by atoms with Crippen LogP contribution < -0.4 is 19.9 Å². The second kappa shape index (κ2) is 8.11. The van der Waals surface area contributed by atoms with Crippen molar-refractivity contribution < 1.29 is 17.9 Å². The number of nitrogens with two attached hydrogens (primary N) is 1. The van der Waals surface area contributed by atoms with Gasteiger partial charge < -0.3 is 15.2 Å². The number of ether oxygens (including phenoxy) is 2. The van der Waals surface area contributed by atoms with E-state index in [1.807, 2.05) is 24.3 Å². The minimum atomic E-state index is -3.60. The van der Waals surface area contributed by atoms with Crippen molar-refractivity contribution >= 4 is 15.7 Å². The summed E-state index contributed by atoms with van der Waals surface area (Å²) in [6.07, 6.45) is 0. The summed E-state index contributed by atoms with van der Waals surface area (Å²) in [4.78, 5) is 0.174. The third-order valence-corrected chi connectivity index (χ3v) is 5.29. The third kappa shape index (κ3) is 4.78. The quantitative estimate of drug-likeness (QED) is 0.608. The molecule has 0 aliphatic heterocycles. The molecule has 0 spiro atoms. The predicted molar refractivity (Wildman–Crippen MR) is 104 cm³/mol. The summed E-state index contributed by atoms with van der Waals surface area (Å²) in [5.74, 6) is 1.87. The van der Waals surface area contributed by atoms with Gasteiger partial charge in [0.05, 0.1) is 12.0 Å². The second-order valence-corrected chi connectivity index (χ2v) is 7.56. The second-order valence-electron chi connectivity index (χ2n) is 5.79. The van der Waals surface area contributed by atoms with Crippen molar-refractivity contribution in [2.45, 2.75) is 11.4 Å². The molecule has 0 aliphatic carbocycles. The molecule has 0 aromatic heterocycles. The SMILES string of the molecule is COc1ccccc1Oc1ccc(CNS(=O)(=O)c2ccc(N)cc2)cc1. The lowest BCUT2D eigenvalue weighted by molar-refractivity contribution is 0.379. The van der Waals surface area contributed by atoms with Crippen LogP contribution in [0.2, 0.25) is 0 Å². The Hall–Kier alpha value is -3.03. The van der Waals surface area contributed by atoms with Gasteiger partial charge in [0.15, 0.2) is 11.5 Å². The monoisotopic (exact) mass is 384 g/mol. The minimum absolute atomic E-state index is 0.168. The zero-order chi connectivity index (χ0) is 19.3. The molecule has 0 fully saturated rings. The lowest BCUT2D eigenvalue weighted by Gasteiger charge is -2.11. The summed E-state index contributed by atoms with van der Waals surface area (Å²) >= 11 is 0. The van der Waals surface area contributed by atoms with Crippen LogP contribution in [0.1, 0.15) is 5.56 Å². The molecule has 0 saturated carbocycles. The van der Waals surface area contributed by atoms with Crippen LogP contribution in [0.25, 0.3) is 0 Å². The summed E-state index contributed by atoms with van der Waals surface area (Å²) in [5, 5.41) is 0. The van der Waals surface area contributed by atoms with Crippen molar-refractivity contribution in [3.05, 3.63) is 78.4 Å². The van der Waals surface area contributed by atoms with Crippen LogP contribution in [-0.2, 0) is 16.6 Å². The van der Waals surface area contributed by atoms with E-state index in [2.05, 4.69) is 4.72 Å². The molecular formula is C20H20N2O4S. The van der Waals surface area contributed by atoms with Crippen LogP contribution >= 0.6 is 0 Å². The number of nitrogens with one attached hydrogen (secondary N) is 1. The van der Waals surface area contributed by atoms with Gasteiger partial charge in [-0.15, -0.1) is 0 Å². The van der Waals surface area contributed by atoms with Gasteiger partial charge in [-0.25, -0.2) is 13.1 Å². The highest BCUT2D eigenvalue weighted by atomic mass is 32.2. The molecule has 0 aliphatic rings. The van der Waals surface area contributed by atoms with Crippen LogP contribution in [0.3, 0.4) is 0 Å². The smallest absolute Gasteiger partial charge is 0.240 e. The van der Waals surface area contributed by atoms with Gasteiger partial charge in [0, 0.05) is 12.2 Å². The Kier molecular flexibility index (Phi) is 5.63. The zero-order valence-electron chi connectivity index (χ0n) is 14.8. The van der Waals surface area contributed by atoms with Crippen molar-refractivity contribution in [2.75, 3.05) is 12.8 Å². The Bertz CT molecular complexity index is 1000. The van der Waals surface area contributed by atoms with E-state index in [0.717, 1.165) is 5.56 Å². The molecule has 0 unspecified atom stereocenters. The van der Waals surface area contributed by atoms with Gasteiger partial charge >= 0.3 is 0 Å². The number of sulfonamides is 1. The first-order valence-corrected chi connectivity index (χ1v) is 9.71. The highest BCUT2D eigenvalue weighted by Crippen LogP contribution is 2.30. The van der Waals surface area contributed by atoms with Crippen molar-refractivity contribution in [1.82, 2.24) is 4.72 Å². The molecule has 0 saturated heterocycles. The largest absolute Gasteiger partial charge is 0.493 e. The number of para-hydroxylation sites is 2. The molecule has 140 valence electrons. The van der Waals surface area contributed by atoms with Crippen molar-refractivity contribution in [3.63, 3.8) is 0 Å². The number of nitrogen functional groups attached to an aromatic ring is 1. The van der Waals surface area contributed by atoms with E-state index in [9.17, 15) is 8.42 Å². The van der Waals surface area contributed by atoms with Gasteiger partial charge in [0.25, 0.3) is 0 Å². The van der Waals surface area contributed by atoms with E-state index < -0.39 is 10.0 Å². The van der Waals surface area contributed by atoms with Gasteiger partial charge in [0.2, 0.25) is 10.0 Å². The maximum atomic E-state index is 12.3. The van der Waals surface area contributed by atoms with Crippen LogP contribution in [0.15, 0.2) is 77.7 Å².